The molecule has 1 aliphatic rings. The van der Waals surface area contributed by atoms with Crippen LogP contribution >= 0.6 is 11.6 Å². The molecule has 0 saturated carbocycles. The first-order valence-electron chi connectivity index (χ1n) is 11.4. The third-order valence-corrected chi connectivity index (χ3v) is 6.52. The van der Waals surface area contributed by atoms with Gasteiger partial charge in [-0.05, 0) is 36.6 Å². The fourth-order valence-electron chi connectivity index (χ4n) is 4.47. The molecule has 1 aliphatic heterocycles. The van der Waals surface area contributed by atoms with Crippen LogP contribution in [-0.2, 0) is 13.6 Å². The second-order valence-electron chi connectivity index (χ2n) is 8.57. The molecule has 2 aromatic carbocycles. The molecular weight excluding hydrogens is 468 g/mol. The van der Waals surface area contributed by atoms with E-state index >= 15 is 0 Å². The van der Waals surface area contributed by atoms with Crippen molar-refractivity contribution in [2.24, 2.45) is 7.05 Å². The van der Waals surface area contributed by atoms with Crippen LogP contribution < -0.4 is 15.4 Å². The molecule has 4 rings (SSSR count). The monoisotopic (exact) mass is 496 g/mol. The van der Waals surface area contributed by atoms with Crippen molar-refractivity contribution in [1.29, 1.82) is 5.41 Å². The van der Waals surface area contributed by atoms with Gasteiger partial charge in [0.1, 0.15) is 22.9 Å². The van der Waals surface area contributed by atoms with Crippen LogP contribution in [0.4, 0.5) is 0 Å². The van der Waals surface area contributed by atoms with Crippen LogP contribution in [-0.4, -0.2) is 58.7 Å². The van der Waals surface area contributed by atoms with E-state index in [0.717, 1.165) is 11.1 Å². The third kappa shape index (κ3) is 4.81. The Labute approximate surface area is 208 Å². The molecule has 0 fully saturated rings. The zero-order valence-electron chi connectivity index (χ0n) is 20.0. The predicted molar refractivity (Wildman–Crippen MR) is 135 cm³/mol. The minimum absolute atomic E-state index is 0.117. The Hall–Kier alpha value is -3.59. The number of amides is 2. The Morgan fingerprint density at radius 1 is 1.26 bits per heavy atom. The number of rotatable bonds is 9. The fourth-order valence-corrected chi connectivity index (χ4v) is 4.56. The van der Waals surface area contributed by atoms with Gasteiger partial charge in [0.05, 0.1) is 35.7 Å². The summed E-state index contributed by atoms with van der Waals surface area (Å²) in [6, 6.07) is 10.6. The highest BCUT2D eigenvalue weighted by atomic mass is 35.5. The van der Waals surface area contributed by atoms with Gasteiger partial charge in [0.25, 0.3) is 11.8 Å². The third-order valence-electron chi connectivity index (χ3n) is 6.25. The largest absolute Gasteiger partial charge is 0.494 e. The van der Waals surface area contributed by atoms with Crippen molar-refractivity contribution < 1.29 is 14.3 Å². The van der Waals surface area contributed by atoms with Gasteiger partial charge in [-0.1, -0.05) is 18.2 Å². The number of methoxy groups -OCH3 is 1. The highest BCUT2D eigenvalue weighted by Gasteiger charge is 2.31. The molecule has 3 aromatic rings. The number of fused-ring (bicyclic) bond motifs is 2. The molecule has 9 nitrogen and oxygen atoms in total. The van der Waals surface area contributed by atoms with Crippen LogP contribution in [0, 0.1) is 5.41 Å². The molecule has 35 heavy (non-hydrogen) atoms. The number of hydrogen-bond donors (Lipinski definition) is 3. The highest BCUT2D eigenvalue weighted by Crippen LogP contribution is 2.30. The SMILES string of the molecule is COc1cccc2c1nc(C(CCCNC(=N)CCl)NC(=O)c1cccc3c1C(=O)N(C)C3)n2C. The van der Waals surface area contributed by atoms with Crippen molar-refractivity contribution in [2.75, 3.05) is 26.6 Å². The van der Waals surface area contributed by atoms with Crippen molar-refractivity contribution in [1.82, 2.24) is 25.1 Å². The molecule has 0 aliphatic carbocycles. The lowest BCUT2D eigenvalue weighted by atomic mass is 10.0. The first kappa shape index (κ1) is 24.5. The lowest BCUT2D eigenvalue weighted by Crippen LogP contribution is -2.33. The van der Waals surface area contributed by atoms with Crippen molar-refractivity contribution in [3.05, 3.63) is 58.9 Å². The molecule has 1 unspecified atom stereocenters. The Morgan fingerprint density at radius 3 is 2.77 bits per heavy atom. The molecule has 0 spiro atoms. The van der Waals surface area contributed by atoms with Gasteiger partial charge in [-0.2, -0.15) is 0 Å². The molecule has 2 amide bonds. The first-order chi connectivity index (χ1) is 16.8. The normalized spacial score (nSPS) is 13.6. The Bertz CT molecular complexity index is 1290. The summed E-state index contributed by atoms with van der Waals surface area (Å²) in [5, 5.41) is 13.8. The van der Waals surface area contributed by atoms with E-state index in [1.165, 1.54) is 0 Å². The van der Waals surface area contributed by atoms with Gasteiger partial charge in [-0.15, -0.1) is 11.6 Å². The van der Waals surface area contributed by atoms with Crippen molar-refractivity contribution in [3.8, 4) is 5.75 Å². The number of nitrogens with one attached hydrogen (secondary N) is 3. The van der Waals surface area contributed by atoms with Crippen LogP contribution in [0.3, 0.4) is 0 Å². The van der Waals surface area contributed by atoms with Gasteiger partial charge in [-0.3, -0.25) is 15.0 Å². The number of nitrogens with zero attached hydrogens (tertiary/aromatic N) is 3. The van der Waals surface area contributed by atoms with E-state index in [0.29, 0.717) is 54.1 Å². The highest BCUT2D eigenvalue weighted by molar-refractivity contribution is 6.27. The van der Waals surface area contributed by atoms with E-state index in [-0.39, 0.29) is 23.5 Å². The average Bonchev–Trinajstić information content (AvgIpc) is 3.36. The Morgan fingerprint density at radius 2 is 2.03 bits per heavy atom. The van der Waals surface area contributed by atoms with E-state index in [9.17, 15) is 9.59 Å². The standard InChI is InChI=1S/C25H29ClN6O3/c1-31-14-15-7-4-8-16(21(15)25(31)34)24(33)29-17(9-6-12-28-20(27)13-26)23-30-22-18(32(23)2)10-5-11-19(22)35-3/h4-5,7-8,10-11,17H,6,9,12-14H2,1-3H3,(H2,27,28)(H,29,33). The lowest BCUT2D eigenvalue weighted by molar-refractivity contribution is 0.0808. The fraction of sp³-hybridized carbons (Fsp3) is 0.360. The predicted octanol–water partition coefficient (Wildman–Crippen LogP) is 3.22. The number of alkyl halides is 1. The van der Waals surface area contributed by atoms with Crippen LogP contribution in [0.1, 0.15) is 51.0 Å². The molecule has 0 radical (unpaired) electrons. The van der Waals surface area contributed by atoms with Gasteiger partial charge in [0.2, 0.25) is 0 Å². The maximum Gasteiger partial charge on any atom is 0.255 e. The van der Waals surface area contributed by atoms with Crippen LogP contribution in [0.2, 0.25) is 0 Å². The maximum atomic E-state index is 13.5. The van der Waals surface area contributed by atoms with Gasteiger partial charge in [-0.25, -0.2) is 4.98 Å². The number of carbonyl (C=O) groups is 2. The number of hydrogen-bond acceptors (Lipinski definition) is 5. The van der Waals surface area contributed by atoms with E-state index in [1.807, 2.05) is 35.9 Å². The topological polar surface area (TPSA) is 112 Å². The quantitative estimate of drug-likeness (QED) is 0.182. The Kier molecular flexibility index (Phi) is 7.25. The number of halogens is 1. The maximum absolute atomic E-state index is 13.5. The molecule has 1 atom stereocenters. The average molecular weight is 497 g/mol. The molecule has 1 aromatic heterocycles. The van der Waals surface area contributed by atoms with Gasteiger partial charge in [0, 0.05) is 27.2 Å². The number of aromatic nitrogens is 2. The van der Waals surface area contributed by atoms with Crippen LogP contribution in [0.5, 0.6) is 5.75 Å². The summed E-state index contributed by atoms with van der Waals surface area (Å²) < 4.78 is 7.43. The van der Waals surface area contributed by atoms with Gasteiger partial charge < -0.3 is 24.8 Å². The summed E-state index contributed by atoms with van der Waals surface area (Å²) >= 11 is 5.69. The molecule has 0 saturated heterocycles. The van der Waals surface area contributed by atoms with E-state index in [4.69, 9.17) is 26.7 Å². The molecular formula is C25H29ClN6O3. The number of benzene rings is 2. The van der Waals surface area contributed by atoms with E-state index < -0.39 is 6.04 Å². The zero-order chi connectivity index (χ0) is 25.1. The van der Waals surface area contributed by atoms with Crippen molar-refractivity contribution >= 4 is 40.3 Å². The zero-order valence-corrected chi connectivity index (χ0v) is 20.8. The van der Waals surface area contributed by atoms with E-state index in [2.05, 4.69) is 10.6 Å². The number of para-hydroxylation sites is 1. The molecule has 2 heterocycles. The summed E-state index contributed by atoms with van der Waals surface area (Å²) in [6.45, 7) is 1.02. The van der Waals surface area contributed by atoms with Crippen molar-refractivity contribution in [2.45, 2.75) is 25.4 Å². The smallest absolute Gasteiger partial charge is 0.255 e. The summed E-state index contributed by atoms with van der Waals surface area (Å²) in [6.07, 6.45) is 1.23. The summed E-state index contributed by atoms with van der Waals surface area (Å²) in [5.41, 5.74) is 3.26. The lowest BCUT2D eigenvalue weighted by Gasteiger charge is -2.20. The molecule has 184 valence electrons. The van der Waals surface area contributed by atoms with Crippen molar-refractivity contribution in [3.63, 3.8) is 0 Å². The number of ether oxygens (including phenoxy) is 1. The summed E-state index contributed by atoms with van der Waals surface area (Å²) in [4.78, 5) is 32.6. The van der Waals surface area contributed by atoms with Crippen LogP contribution in [0.15, 0.2) is 36.4 Å². The Balaban J connectivity index is 1.65. The molecule has 10 heteroatoms. The number of aryl methyl sites for hydroxylation is 1. The summed E-state index contributed by atoms with van der Waals surface area (Å²) in [7, 11) is 5.23. The second-order valence-corrected chi connectivity index (χ2v) is 8.83. The minimum Gasteiger partial charge on any atom is -0.494 e. The second kappa shape index (κ2) is 10.4. The van der Waals surface area contributed by atoms with Crippen LogP contribution in [0.25, 0.3) is 11.0 Å². The van der Waals surface area contributed by atoms with E-state index in [1.54, 1.807) is 31.2 Å². The number of amidine groups is 1. The molecule has 0 bridgehead atoms. The molecule has 3 N–H and O–H groups in total. The first-order valence-corrected chi connectivity index (χ1v) is 11.9. The van der Waals surface area contributed by atoms with Gasteiger partial charge in [0.15, 0.2) is 0 Å². The van der Waals surface area contributed by atoms with Gasteiger partial charge >= 0.3 is 0 Å². The number of carbonyl (C=O) groups excluding carboxylic acids is 2. The number of imidazole rings is 1. The minimum atomic E-state index is -0.429. The summed E-state index contributed by atoms with van der Waals surface area (Å²) in [5.74, 6) is 1.23.